The smallest absolute Gasteiger partial charge is 0.276 e. The van der Waals surface area contributed by atoms with Crippen LogP contribution in [0.4, 0.5) is 5.13 Å². The number of fused-ring (bicyclic) bond motifs is 1. The van der Waals surface area contributed by atoms with Crippen LogP contribution in [0.1, 0.15) is 40.6 Å². The van der Waals surface area contributed by atoms with E-state index in [0.717, 1.165) is 12.8 Å². The first kappa shape index (κ1) is 22.0. The molecule has 0 spiro atoms. The fourth-order valence-corrected chi connectivity index (χ4v) is 4.70. The lowest BCUT2D eigenvalue weighted by Gasteiger charge is -2.23. The van der Waals surface area contributed by atoms with Crippen molar-refractivity contribution in [1.29, 1.82) is 0 Å². The molecule has 2 aromatic heterocycles. The third kappa shape index (κ3) is 4.11. The van der Waals surface area contributed by atoms with E-state index in [2.05, 4.69) is 22.0 Å². The predicted octanol–water partition coefficient (Wildman–Crippen LogP) is 3.50. The van der Waals surface area contributed by atoms with Gasteiger partial charge >= 0.3 is 0 Å². The van der Waals surface area contributed by atoms with Crippen LogP contribution in [0.3, 0.4) is 0 Å². The quantitative estimate of drug-likeness (QED) is 0.586. The van der Waals surface area contributed by atoms with E-state index in [9.17, 15) is 9.59 Å². The number of benzene rings is 1. The maximum atomic E-state index is 13.3. The summed E-state index contributed by atoms with van der Waals surface area (Å²) in [6.45, 7) is 6.88. The molecule has 0 unspecified atom stereocenters. The molecule has 0 aliphatic carbocycles. The third-order valence-electron chi connectivity index (χ3n) is 5.36. The zero-order chi connectivity index (χ0) is 22.8. The average molecular weight is 456 g/mol. The van der Waals surface area contributed by atoms with Crippen molar-refractivity contribution in [2.75, 3.05) is 32.7 Å². The molecule has 2 amide bonds. The van der Waals surface area contributed by atoms with Crippen molar-refractivity contribution in [2.24, 2.45) is 0 Å². The largest absolute Gasteiger partial charge is 0.497 e. The Morgan fingerprint density at radius 2 is 2.03 bits per heavy atom. The molecule has 1 fully saturated rings. The van der Waals surface area contributed by atoms with E-state index >= 15 is 0 Å². The summed E-state index contributed by atoms with van der Waals surface area (Å²) in [5, 5.41) is 7.69. The van der Waals surface area contributed by atoms with Gasteiger partial charge in [-0.3, -0.25) is 14.9 Å². The van der Waals surface area contributed by atoms with Crippen molar-refractivity contribution in [2.45, 2.75) is 25.8 Å². The second-order valence-corrected chi connectivity index (χ2v) is 8.60. The fourth-order valence-electron chi connectivity index (χ4n) is 3.78. The van der Waals surface area contributed by atoms with Gasteiger partial charge in [0.05, 0.1) is 19.8 Å². The highest BCUT2D eigenvalue weighted by Gasteiger charge is 2.33. The van der Waals surface area contributed by atoms with Gasteiger partial charge in [-0.2, -0.15) is 10.1 Å². The number of carbonyl (C=O) groups is 2. The summed E-state index contributed by atoms with van der Waals surface area (Å²) in [5.41, 5.74) is 1.91. The summed E-state index contributed by atoms with van der Waals surface area (Å²) in [7, 11) is 3.20. The van der Waals surface area contributed by atoms with Crippen molar-refractivity contribution < 1.29 is 19.1 Å². The van der Waals surface area contributed by atoms with E-state index in [1.54, 1.807) is 50.1 Å². The van der Waals surface area contributed by atoms with Crippen LogP contribution < -0.4 is 10.1 Å². The molecule has 168 valence electrons. The molecule has 0 radical (unpaired) electrons. The molecule has 1 aliphatic heterocycles. The van der Waals surface area contributed by atoms with Crippen LogP contribution in [0, 0.1) is 0 Å². The summed E-state index contributed by atoms with van der Waals surface area (Å²) in [5.74, 6) is 0.206. The van der Waals surface area contributed by atoms with Crippen molar-refractivity contribution in [3.8, 4) is 5.75 Å². The van der Waals surface area contributed by atoms with Gasteiger partial charge in [0.15, 0.2) is 16.5 Å². The molecule has 0 saturated carbocycles. The number of thiazole rings is 1. The molecule has 3 aromatic rings. The molecule has 4 rings (SSSR count). The fraction of sp³-hybridized carbons (Fsp3) is 0.364. The highest BCUT2D eigenvalue weighted by Crippen LogP contribution is 2.32. The molecule has 0 bridgehead atoms. The Kier molecular flexibility index (Phi) is 6.24. The van der Waals surface area contributed by atoms with Crippen LogP contribution in [-0.2, 0) is 4.74 Å². The number of carbonyl (C=O) groups excluding carboxylic acids is 2. The van der Waals surface area contributed by atoms with Gasteiger partial charge in [-0.05, 0) is 44.0 Å². The molecule has 1 aliphatic rings. The molecule has 3 heterocycles. The monoisotopic (exact) mass is 455 g/mol. The van der Waals surface area contributed by atoms with Crippen LogP contribution >= 0.6 is 11.3 Å². The van der Waals surface area contributed by atoms with E-state index in [-0.39, 0.29) is 17.9 Å². The lowest BCUT2D eigenvalue weighted by Crippen LogP contribution is -2.38. The lowest BCUT2D eigenvalue weighted by molar-refractivity contribution is 0.0626. The molecule has 1 aromatic carbocycles. The van der Waals surface area contributed by atoms with Crippen LogP contribution in [0.25, 0.3) is 16.0 Å². The number of allylic oxidation sites excluding steroid dienone is 1. The SMILES string of the molecule is C=C(C)n1nc(C(=O)N2CCC[C@H]2COC)c2sc(NC(=O)c3ccc(OC)cc3)nc21. The van der Waals surface area contributed by atoms with Gasteiger partial charge in [-0.1, -0.05) is 17.9 Å². The number of amides is 2. The molecule has 32 heavy (non-hydrogen) atoms. The zero-order valence-corrected chi connectivity index (χ0v) is 19.1. The minimum Gasteiger partial charge on any atom is -0.497 e. The van der Waals surface area contributed by atoms with Crippen LogP contribution in [0.15, 0.2) is 30.8 Å². The number of methoxy groups -OCH3 is 2. The van der Waals surface area contributed by atoms with Crippen molar-refractivity contribution in [1.82, 2.24) is 19.7 Å². The van der Waals surface area contributed by atoms with E-state index in [4.69, 9.17) is 9.47 Å². The van der Waals surface area contributed by atoms with Gasteiger partial charge < -0.3 is 14.4 Å². The first-order valence-corrected chi connectivity index (χ1v) is 11.0. The highest BCUT2D eigenvalue weighted by atomic mass is 32.1. The van der Waals surface area contributed by atoms with E-state index < -0.39 is 0 Å². The van der Waals surface area contributed by atoms with Gasteiger partial charge in [0.1, 0.15) is 10.4 Å². The zero-order valence-electron chi connectivity index (χ0n) is 18.3. The maximum absolute atomic E-state index is 13.3. The Morgan fingerprint density at radius 3 is 2.69 bits per heavy atom. The van der Waals surface area contributed by atoms with Crippen LogP contribution in [-0.4, -0.2) is 64.9 Å². The number of nitrogens with one attached hydrogen (secondary N) is 1. The van der Waals surface area contributed by atoms with E-state index in [1.165, 1.54) is 11.3 Å². The first-order chi connectivity index (χ1) is 15.4. The number of hydrogen-bond donors (Lipinski definition) is 1. The first-order valence-electron chi connectivity index (χ1n) is 10.2. The molecular formula is C22H25N5O4S. The highest BCUT2D eigenvalue weighted by molar-refractivity contribution is 7.22. The molecule has 1 N–H and O–H groups in total. The molecule has 9 nitrogen and oxygen atoms in total. The maximum Gasteiger partial charge on any atom is 0.276 e. The number of rotatable bonds is 7. The number of anilines is 1. The Morgan fingerprint density at radius 1 is 1.28 bits per heavy atom. The number of nitrogens with zero attached hydrogens (tertiary/aromatic N) is 4. The number of aromatic nitrogens is 3. The van der Waals surface area contributed by atoms with Crippen molar-refractivity contribution in [3.05, 3.63) is 42.1 Å². The minimum absolute atomic E-state index is 0.0275. The van der Waals surface area contributed by atoms with E-state index in [1.807, 2.05) is 4.90 Å². The van der Waals surface area contributed by atoms with Gasteiger partial charge in [0.2, 0.25) is 0 Å². The lowest BCUT2D eigenvalue weighted by atomic mass is 10.2. The second-order valence-electron chi connectivity index (χ2n) is 7.60. The number of hydrogen-bond acceptors (Lipinski definition) is 7. The van der Waals surface area contributed by atoms with Crippen molar-refractivity contribution in [3.63, 3.8) is 0 Å². The second kappa shape index (κ2) is 9.09. The Labute approximate surface area is 189 Å². The molecule has 1 saturated heterocycles. The third-order valence-corrected chi connectivity index (χ3v) is 6.33. The molecular weight excluding hydrogens is 430 g/mol. The summed E-state index contributed by atoms with van der Waals surface area (Å²) in [4.78, 5) is 32.3. The average Bonchev–Trinajstić information content (AvgIpc) is 3.48. The Bertz CT molecular complexity index is 1170. The standard InChI is InChI=1S/C22H25N5O4S/c1-13(2)27-19-18(17(25-27)21(29)26-11-5-6-15(26)12-30-3)32-22(23-19)24-20(28)14-7-9-16(31-4)10-8-14/h7-10,15H,1,5-6,11-12H2,2-4H3,(H,23,24,28)/t15-/m0/s1. The summed E-state index contributed by atoms with van der Waals surface area (Å²) >= 11 is 1.22. The Balaban J connectivity index is 1.64. The van der Waals surface area contributed by atoms with Gasteiger partial charge in [-0.25, -0.2) is 4.68 Å². The topological polar surface area (TPSA) is 98.6 Å². The van der Waals surface area contributed by atoms with Crippen molar-refractivity contribution >= 4 is 44.3 Å². The van der Waals surface area contributed by atoms with E-state index in [0.29, 0.717) is 51.3 Å². The normalized spacial score (nSPS) is 15.8. The van der Waals surface area contributed by atoms with Gasteiger partial charge in [0, 0.05) is 24.9 Å². The summed E-state index contributed by atoms with van der Waals surface area (Å²) < 4.78 is 12.6. The number of ether oxygens (including phenoxy) is 2. The summed E-state index contributed by atoms with van der Waals surface area (Å²) in [6, 6.07) is 6.81. The number of likely N-dealkylation sites (tertiary alicyclic amines) is 1. The summed E-state index contributed by atoms with van der Waals surface area (Å²) in [6.07, 6.45) is 1.83. The van der Waals surface area contributed by atoms with Crippen LogP contribution in [0.2, 0.25) is 0 Å². The van der Waals surface area contributed by atoms with Crippen LogP contribution in [0.5, 0.6) is 5.75 Å². The molecule has 10 heteroatoms. The van der Waals surface area contributed by atoms with Gasteiger partial charge in [0.25, 0.3) is 11.8 Å². The molecule has 1 atom stereocenters. The minimum atomic E-state index is -0.300. The Hall–Kier alpha value is -3.24. The van der Waals surface area contributed by atoms with Gasteiger partial charge in [-0.15, -0.1) is 0 Å². The predicted molar refractivity (Wildman–Crippen MR) is 123 cm³/mol.